The third kappa shape index (κ3) is 3.77. The Kier molecular flexibility index (Phi) is 6.65. The number of nitriles is 1. The van der Waals surface area contributed by atoms with Crippen LogP contribution in [0.25, 0.3) is 0 Å². The van der Waals surface area contributed by atoms with Gasteiger partial charge in [-0.3, -0.25) is 9.69 Å². The van der Waals surface area contributed by atoms with Crippen molar-refractivity contribution in [2.24, 2.45) is 5.73 Å². The van der Waals surface area contributed by atoms with Gasteiger partial charge in [-0.2, -0.15) is 5.26 Å². The molecule has 31 heavy (non-hydrogen) atoms. The van der Waals surface area contributed by atoms with Crippen LogP contribution in [-0.2, 0) is 14.3 Å². The van der Waals surface area contributed by atoms with Crippen LogP contribution in [0.3, 0.4) is 0 Å². The highest BCUT2D eigenvalue weighted by Crippen LogP contribution is 2.49. The van der Waals surface area contributed by atoms with Crippen molar-refractivity contribution in [2.45, 2.75) is 19.3 Å². The molecule has 1 unspecified atom stereocenters. The minimum Gasteiger partial charge on any atom is -0.493 e. The van der Waals surface area contributed by atoms with Gasteiger partial charge in [-0.1, -0.05) is 0 Å². The third-order valence-corrected chi connectivity index (χ3v) is 6.05. The molecule has 2 N–H and O–H groups in total. The molecule has 0 bridgehead atoms. The van der Waals surface area contributed by atoms with Crippen LogP contribution in [0.5, 0.6) is 17.2 Å². The monoisotopic (exact) mass is 445 g/mol. The van der Waals surface area contributed by atoms with Gasteiger partial charge in [0.1, 0.15) is 5.82 Å². The van der Waals surface area contributed by atoms with Crippen LogP contribution in [0.4, 0.5) is 0 Å². The third-order valence-electron chi connectivity index (χ3n) is 4.97. The Morgan fingerprint density at radius 2 is 1.90 bits per heavy atom. The number of fused-ring (bicyclic) bond motifs is 1. The zero-order valence-corrected chi connectivity index (χ0v) is 18.5. The Morgan fingerprint density at radius 3 is 2.42 bits per heavy atom. The van der Waals surface area contributed by atoms with Gasteiger partial charge in [-0.15, -0.1) is 11.8 Å². The molecule has 1 fully saturated rings. The van der Waals surface area contributed by atoms with Gasteiger partial charge in [-0.05, 0) is 24.6 Å². The fourth-order valence-electron chi connectivity index (χ4n) is 3.65. The number of thioether (sulfide) groups is 1. The lowest BCUT2D eigenvalue weighted by Crippen LogP contribution is -2.42. The van der Waals surface area contributed by atoms with Crippen molar-refractivity contribution in [3.63, 3.8) is 0 Å². The van der Waals surface area contributed by atoms with Crippen molar-refractivity contribution in [1.82, 2.24) is 4.90 Å². The predicted molar refractivity (Wildman–Crippen MR) is 113 cm³/mol. The minimum atomic E-state index is -0.873. The molecule has 0 saturated carbocycles. The van der Waals surface area contributed by atoms with E-state index >= 15 is 0 Å². The molecule has 3 rings (SSSR count). The normalized spacial score (nSPS) is 18.4. The summed E-state index contributed by atoms with van der Waals surface area (Å²) in [5, 5.41) is 10.5. The summed E-state index contributed by atoms with van der Waals surface area (Å²) < 4.78 is 21.5. The molecule has 10 heteroatoms. The number of methoxy groups -OCH3 is 3. The van der Waals surface area contributed by atoms with Gasteiger partial charge in [0.25, 0.3) is 0 Å². The van der Waals surface area contributed by atoms with E-state index in [1.54, 1.807) is 19.1 Å². The van der Waals surface area contributed by atoms with Gasteiger partial charge in [0.2, 0.25) is 11.7 Å². The highest BCUT2D eigenvalue weighted by Gasteiger charge is 2.43. The van der Waals surface area contributed by atoms with Gasteiger partial charge in [-0.25, -0.2) is 4.79 Å². The maximum Gasteiger partial charge on any atom is 0.338 e. The lowest BCUT2D eigenvalue weighted by molar-refractivity contribution is -0.139. The first-order valence-electron chi connectivity index (χ1n) is 9.50. The van der Waals surface area contributed by atoms with Gasteiger partial charge in [0, 0.05) is 12.2 Å². The van der Waals surface area contributed by atoms with E-state index in [1.807, 2.05) is 0 Å². The van der Waals surface area contributed by atoms with Crippen LogP contribution in [0.15, 0.2) is 34.1 Å². The van der Waals surface area contributed by atoms with Crippen molar-refractivity contribution in [3.8, 4) is 23.3 Å². The Labute approximate surface area is 184 Å². The van der Waals surface area contributed by atoms with E-state index in [1.165, 1.54) is 38.0 Å². The zero-order chi connectivity index (χ0) is 22.7. The second kappa shape index (κ2) is 9.22. The summed E-state index contributed by atoms with van der Waals surface area (Å²) in [4.78, 5) is 26.8. The number of amides is 1. The fraction of sp³-hybridized carbons (Fsp3) is 0.381. The minimum absolute atomic E-state index is 0.0206. The summed E-state index contributed by atoms with van der Waals surface area (Å²) in [6, 6.07) is 5.49. The van der Waals surface area contributed by atoms with Gasteiger partial charge >= 0.3 is 5.97 Å². The first kappa shape index (κ1) is 22.4. The molecule has 2 aliphatic rings. The summed E-state index contributed by atoms with van der Waals surface area (Å²) in [5.74, 6) is -0.288. The molecular weight excluding hydrogens is 422 g/mol. The van der Waals surface area contributed by atoms with Crippen molar-refractivity contribution in [1.29, 1.82) is 5.26 Å². The fourth-order valence-corrected chi connectivity index (χ4v) is 4.77. The van der Waals surface area contributed by atoms with Crippen LogP contribution >= 0.6 is 11.8 Å². The Balaban J connectivity index is 2.32. The number of benzene rings is 1. The summed E-state index contributed by atoms with van der Waals surface area (Å²) in [6.45, 7) is 1.78. The molecule has 1 amide bonds. The van der Waals surface area contributed by atoms with E-state index in [2.05, 4.69) is 6.07 Å². The first-order chi connectivity index (χ1) is 14.9. The van der Waals surface area contributed by atoms with Crippen molar-refractivity contribution >= 4 is 23.6 Å². The Bertz CT molecular complexity index is 1000. The molecule has 2 heterocycles. The Morgan fingerprint density at radius 1 is 1.26 bits per heavy atom. The maximum absolute atomic E-state index is 12.9. The zero-order valence-electron chi connectivity index (χ0n) is 17.7. The summed E-state index contributed by atoms with van der Waals surface area (Å²) in [7, 11) is 4.42. The molecule has 9 nitrogen and oxygen atoms in total. The highest BCUT2D eigenvalue weighted by atomic mass is 32.2. The average molecular weight is 445 g/mol. The molecule has 164 valence electrons. The van der Waals surface area contributed by atoms with Gasteiger partial charge < -0.3 is 24.7 Å². The van der Waals surface area contributed by atoms with Crippen LogP contribution in [0.1, 0.15) is 24.8 Å². The molecule has 1 saturated heterocycles. The highest BCUT2D eigenvalue weighted by molar-refractivity contribution is 8.03. The molecule has 0 aliphatic carbocycles. The van der Waals surface area contributed by atoms with Crippen LogP contribution in [0.2, 0.25) is 0 Å². The molecule has 0 spiro atoms. The molecule has 2 aliphatic heterocycles. The summed E-state index contributed by atoms with van der Waals surface area (Å²) >= 11 is 1.35. The van der Waals surface area contributed by atoms with Crippen molar-refractivity contribution in [3.05, 3.63) is 39.7 Å². The topological polar surface area (TPSA) is 124 Å². The molecule has 1 atom stereocenters. The first-order valence-corrected chi connectivity index (χ1v) is 10.5. The van der Waals surface area contributed by atoms with Crippen LogP contribution < -0.4 is 19.9 Å². The van der Waals surface area contributed by atoms with Crippen LogP contribution in [-0.4, -0.2) is 50.5 Å². The molecule has 0 radical (unpaired) electrons. The Hall–Kier alpha value is -3.32. The number of esters is 1. The van der Waals surface area contributed by atoms with Crippen molar-refractivity contribution < 1.29 is 28.5 Å². The standard InChI is InChI=1S/C21H23N3O6S/c1-5-30-21(26)17-16(11-8-13(27-2)18(29-4)14(9-11)28-3)12(10-22)20-24(19(17)23)15(25)6-7-31-20/h8-9,16H,5-7,23H2,1-4H3. The molecule has 0 aromatic heterocycles. The molecule has 1 aromatic rings. The van der Waals surface area contributed by atoms with Gasteiger partial charge in [0.05, 0.1) is 56.1 Å². The maximum atomic E-state index is 12.9. The number of nitrogens with two attached hydrogens (primary N) is 1. The number of carbonyl (C=O) groups excluding carboxylic acids is 2. The number of allylic oxidation sites excluding steroid dienone is 1. The van der Waals surface area contributed by atoms with E-state index in [9.17, 15) is 14.9 Å². The number of hydrogen-bond acceptors (Lipinski definition) is 9. The number of ether oxygens (including phenoxy) is 4. The summed E-state index contributed by atoms with van der Waals surface area (Å²) in [5.41, 5.74) is 7.10. The lowest BCUT2D eigenvalue weighted by Gasteiger charge is -2.37. The second-order valence-corrected chi connectivity index (χ2v) is 7.65. The molecular formula is C21H23N3O6S. The number of hydrogen-bond donors (Lipinski definition) is 1. The lowest BCUT2D eigenvalue weighted by atomic mass is 9.82. The molecule has 1 aromatic carbocycles. The van der Waals surface area contributed by atoms with Crippen molar-refractivity contribution in [2.75, 3.05) is 33.7 Å². The van der Waals surface area contributed by atoms with E-state index in [0.29, 0.717) is 33.6 Å². The smallest absolute Gasteiger partial charge is 0.338 e. The predicted octanol–water partition coefficient (Wildman–Crippen LogP) is 2.24. The number of rotatable bonds is 6. The van der Waals surface area contributed by atoms with Crippen LogP contribution in [0, 0.1) is 11.3 Å². The van der Waals surface area contributed by atoms with E-state index in [0.717, 1.165) is 0 Å². The van der Waals surface area contributed by atoms with Gasteiger partial charge in [0.15, 0.2) is 11.5 Å². The SMILES string of the molecule is CCOC(=O)C1=C(N)N2C(=O)CCSC2=C(C#N)C1c1cc(OC)c(OC)c(OC)c1. The van der Waals surface area contributed by atoms with E-state index in [-0.39, 0.29) is 35.9 Å². The number of nitrogens with zero attached hydrogens (tertiary/aromatic N) is 2. The average Bonchev–Trinajstić information content (AvgIpc) is 2.77. The second-order valence-electron chi connectivity index (χ2n) is 6.57. The number of carbonyl (C=O) groups is 2. The summed E-state index contributed by atoms with van der Waals surface area (Å²) in [6.07, 6.45) is 0.249. The van der Waals surface area contributed by atoms with E-state index in [4.69, 9.17) is 24.7 Å². The quantitative estimate of drug-likeness (QED) is 0.656. The van der Waals surface area contributed by atoms with E-state index < -0.39 is 11.9 Å². The largest absolute Gasteiger partial charge is 0.493 e.